The van der Waals surface area contributed by atoms with Crippen molar-refractivity contribution in [2.45, 2.75) is 20.3 Å². The summed E-state index contributed by atoms with van der Waals surface area (Å²) >= 11 is 1.71. The number of thiazole rings is 1. The number of aromatic nitrogens is 1. The summed E-state index contributed by atoms with van der Waals surface area (Å²) in [6.07, 6.45) is 0.772. The van der Waals surface area contributed by atoms with Crippen molar-refractivity contribution < 1.29 is 4.84 Å². The van der Waals surface area contributed by atoms with Gasteiger partial charge in [-0.25, -0.2) is 10.9 Å². The minimum Gasteiger partial charge on any atom is -0.304 e. The lowest BCUT2D eigenvalue weighted by molar-refractivity contribution is 0.141. The van der Waals surface area contributed by atoms with Gasteiger partial charge in [0.25, 0.3) is 0 Å². The second-order valence-electron chi connectivity index (χ2n) is 4.00. The molecule has 17 heavy (non-hydrogen) atoms. The molecule has 0 unspecified atom stereocenters. The van der Waals surface area contributed by atoms with Crippen molar-refractivity contribution in [3.8, 4) is 11.3 Å². The molecule has 2 aromatic rings. The van der Waals surface area contributed by atoms with Crippen LogP contribution in [0.2, 0.25) is 0 Å². The van der Waals surface area contributed by atoms with Crippen LogP contribution < -0.4 is 5.90 Å². The van der Waals surface area contributed by atoms with E-state index in [0.717, 1.165) is 17.1 Å². The SMILES string of the molecule is Cc1ccc(-c2nc(CCON)sc2C)cc1. The Morgan fingerprint density at radius 1 is 1.24 bits per heavy atom. The highest BCUT2D eigenvalue weighted by molar-refractivity contribution is 7.12. The molecule has 2 rings (SSSR count). The fraction of sp³-hybridized carbons (Fsp3) is 0.308. The number of hydrogen-bond acceptors (Lipinski definition) is 4. The summed E-state index contributed by atoms with van der Waals surface area (Å²) in [5.74, 6) is 5.03. The predicted octanol–water partition coefficient (Wildman–Crippen LogP) is 2.86. The quantitative estimate of drug-likeness (QED) is 0.846. The van der Waals surface area contributed by atoms with Crippen molar-refractivity contribution in [2.75, 3.05) is 6.61 Å². The highest BCUT2D eigenvalue weighted by Gasteiger charge is 2.09. The molecule has 90 valence electrons. The van der Waals surface area contributed by atoms with Crippen molar-refractivity contribution >= 4 is 11.3 Å². The maximum Gasteiger partial charge on any atom is 0.0959 e. The van der Waals surface area contributed by atoms with Gasteiger partial charge in [-0.05, 0) is 13.8 Å². The number of benzene rings is 1. The number of nitrogens with two attached hydrogens (primary N) is 1. The summed E-state index contributed by atoms with van der Waals surface area (Å²) in [6, 6.07) is 8.44. The van der Waals surface area contributed by atoms with E-state index in [4.69, 9.17) is 5.90 Å². The van der Waals surface area contributed by atoms with Crippen molar-refractivity contribution in [1.29, 1.82) is 0 Å². The van der Waals surface area contributed by atoms with Gasteiger partial charge in [0.2, 0.25) is 0 Å². The fourth-order valence-corrected chi connectivity index (χ4v) is 2.62. The van der Waals surface area contributed by atoms with Crippen LogP contribution in [0, 0.1) is 13.8 Å². The van der Waals surface area contributed by atoms with E-state index < -0.39 is 0 Å². The van der Waals surface area contributed by atoms with Gasteiger partial charge in [-0.2, -0.15) is 0 Å². The van der Waals surface area contributed by atoms with Crippen LogP contribution >= 0.6 is 11.3 Å². The molecule has 0 aliphatic heterocycles. The third-order valence-corrected chi connectivity index (χ3v) is 3.63. The van der Waals surface area contributed by atoms with Gasteiger partial charge in [0.1, 0.15) is 0 Å². The molecule has 2 N–H and O–H groups in total. The van der Waals surface area contributed by atoms with Crippen LogP contribution in [0.5, 0.6) is 0 Å². The van der Waals surface area contributed by atoms with Gasteiger partial charge in [0, 0.05) is 16.9 Å². The topological polar surface area (TPSA) is 48.1 Å². The first kappa shape index (κ1) is 12.2. The zero-order valence-electron chi connectivity index (χ0n) is 10.1. The summed E-state index contributed by atoms with van der Waals surface area (Å²) in [6.45, 7) is 4.70. The summed E-state index contributed by atoms with van der Waals surface area (Å²) in [5, 5.41) is 1.07. The molecular weight excluding hydrogens is 232 g/mol. The predicted molar refractivity (Wildman–Crippen MR) is 70.9 cm³/mol. The van der Waals surface area contributed by atoms with Gasteiger partial charge in [-0.3, -0.25) is 0 Å². The molecule has 0 amide bonds. The third kappa shape index (κ3) is 2.91. The number of aryl methyl sites for hydroxylation is 2. The molecule has 4 heteroatoms. The van der Waals surface area contributed by atoms with Gasteiger partial charge in [-0.1, -0.05) is 29.8 Å². The van der Waals surface area contributed by atoms with Gasteiger partial charge < -0.3 is 4.84 Å². The zero-order chi connectivity index (χ0) is 12.3. The Labute approximate surface area is 105 Å². The molecule has 0 fully saturated rings. The standard InChI is InChI=1S/C13H16N2OS/c1-9-3-5-11(6-4-9)13-10(2)17-12(15-13)7-8-16-14/h3-6H,7-8,14H2,1-2H3. The van der Waals surface area contributed by atoms with Crippen molar-refractivity contribution in [3.05, 3.63) is 39.7 Å². The van der Waals surface area contributed by atoms with Crippen LogP contribution in [0.1, 0.15) is 15.4 Å². The lowest BCUT2D eigenvalue weighted by Gasteiger charge is -1.99. The van der Waals surface area contributed by atoms with Crippen molar-refractivity contribution in [3.63, 3.8) is 0 Å². The molecule has 0 aliphatic rings. The Morgan fingerprint density at radius 2 is 1.94 bits per heavy atom. The van der Waals surface area contributed by atoms with Crippen molar-refractivity contribution in [1.82, 2.24) is 4.98 Å². The zero-order valence-corrected chi connectivity index (χ0v) is 10.9. The lowest BCUT2D eigenvalue weighted by atomic mass is 10.1. The fourth-order valence-electron chi connectivity index (χ4n) is 1.68. The van der Waals surface area contributed by atoms with Gasteiger partial charge in [0.15, 0.2) is 0 Å². The Morgan fingerprint density at radius 3 is 2.59 bits per heavy atom. The molecule has 1 aromatic heterocycles. The molecule has 0 aliphatic carbocycles. The first-order chi connectivity index (χ1) is 8.20. The summed E-state index contributed by atoms with van der Waals surface area (Å²) in [5.41, 5.74) is 3.50. The minimum atomic E-state index is 0.514. The summed E-state index contributed by atoms with van der Waals surface area (Å²) < 4.78 is 0. The van der Waals surface area contributed by atoms with Gasteiger partial charge in [0.05, 0.1) is 17.3 Å². The van der Waals surface area contributed by atoms with Crippen LogP contribution in [-0.2, 0) is 11.3 Å². The second kappa shape index (κ2) is 5.40. The Kier molecular flexibility index (Phi) is 3.89. The third-order valence-electron chi connectivity index (χ3n) is 2.60. The number of nitrogens with zero attached hydrogens (tertiary/aromatic N) is 1. The maximum atomic E-state index is 5.03. The van der Waals surface area contributed by atoms with Crippen LogP contribution in [0.3, 0.4) is 0 Å². The summed E-state index contributed by atoms with van der Waals surface area (Å²) in [4.78, 5) is 10.5. The van der Waals surface area contributed by atoms with Crippen LogP contribution in [0.4, 0.5) is 0 Å². The second-order valence-corrected chi connectivity index (χ2v) is 5.29. The van der Waals surface area contributed by atoms with Gasteiger partial charge in [-0.15, -0.1) is 11.3 Å². The molecule has 0 saturated heterocycles. The number of rotatable bonds is 4. The highest BCUT2D eigenvalue weighted by Crippen LogP contribution is 2.27. The van der Waals surface area contributed by atoms with Crippen LogP contribution in [0.25, 0.3) is 11.3 Å². The molecule has 1 aromatic carbocycles. The molecule has 1 heterocycles. The van der Waals surface area contributed by atoms with Crippen molar-refractivity contribution in [2.24, 2.45) is 5.90 Å². The Hall–Kier alpha value is -1.23. The van der Waals surface area contributed by atoms with E-state index in [0.29, 0.717) is 6.61 Å². The molecule has 0 atom stereocenters. The van der Waals surface area contributed by atoms with Crippen LogP contribution in [0.15, 0.2) is 24.3 Å². The highest BCUT2D eigenvalue weighted by atomic mass is 32.1. The smallest absolute Gasteiger partial charge is 0.0959 e. The molecule has 0 bridgehead atoms. The summed E-state index contributed by atoms with van der Waals surface area (Å²) in [7, 11) is 0. The number of hydrogen-bond donors (Lipinski definition) is 1. The minimum absolute atomic E-state index is 0.514. The normalized spacial score (nSPS) is 10.8. The van der Waals surface area contributed by atoms with E-state index >= 15 is 0 Å². The molecule has 0 spiro atoms. The van der Waals surface area contributed by atoms with E-state index in [9.17, 15) is 0 Å². The maximum absolute atomic E-state index is 5.03. The van der Waals surface area contributed by atoms with Crippen LogP contribution in [-0.4, -0.2) is 11.6 Å². The van der Waals surface area contributed by atoms with E-state index in [1.54, 1.807) is 11.3 Å². The Balaban J connectivity index is 2.26. The van der Waals surface area contributed by atoms with E-state index in [1.807, 2.05) is 0 Å². The first-order valence-corrected chi connectivity index (χ1v) is 6.37. The molecule has 3 nitrogen and oxygen atoms in total. The Bertz CT molecular complexity index is 491. The average Bonchev–Trinajstić information content (AvgIpc) is 2.69. The lowest BCUT2D eigenvalue weighted by Crippen LogP contribution is -2.03. The van der Waals surface area contributed by atoms with E-state index in [-0.39, 0.29) is 0 Å². The molecular formula is C13H16N2OS. The van der Waals surface area contributed by atoms with E-state index in [1.165, 1.54) is 16.0 Å². The largest absolute Gasteiger partial charge is 0.304 e. The molecule has 0 saturated carbocycles. The van der Waals surface area contributed by atoms with Gasteiger partial charge >= 0.3 is 0 Å². The molecule has 0 radical (unpaired) electrons. The first-order valence-electron chi connectivity index (χ1n) is 5.55. The average molecular weight is 248 g/mol. The van der Waals surface area contributed by atoms with E-state index in [2.05, 4.69) is 47.9 Å². The monoisotopic (exact) mass is 248 g/mol.